The minimum atomic E-state index is -0.509. The molecule has 0 aromatic heterocycles. The number of nitrogens with zero attached hydrogens (tertiary/aromatic N) is 2. The molecule has 1 saturated heterocycles. The number of carbonyl (C=O) groups excluding carboxylic acids is 1. The first-order chi connectivity index (χ1) is 10.1. The van der Waals surface area contributed by atoms with Crippen molar-refractivity contribution in [1.82, 2.24) is 4.90 Å². The lowest BCUT2D eigenvalue weighted by atomic mass is 9.99. The molecule has 0 bridgehead atoms. The summed E-state index contributed by atoms with van der Waals surface area (Å²) in [5.41, 5.74) is -0.0710. The Morgan fingerprint density at radius 1 is 1.52 bits per heavy atom. The molecule has 0 aliphatic carbocycles. The Labute approximate surface area is 122 Å². The lowest BCUT2D eigenvalue weighted by molar-refractivity contribution is -0.384. The third-order valence-corrected chi connectivity index (χ3v) is 3.52. The van der Waals surface area contributed by atoms with E-state index in [0.717, 1.165) is 12.8 Å². The maximum absolute atomic E-state index is 12.0. The van der Waals surface area contributed by atoms with Gasteiger partial charge in [0.15, 0.2) is 6.61 Å². The minimum Gasteiger partial charge on any atom is -0.484 e. The molecule has 7 heteroatoms. The highest BCUT2D eigenvalue weighted by molar-refractivity contribution is 5.77. The van der Waals surface area contributed by atoms with Crippen LogP contribution < -0.4 is 4.74 Å². The topological polar surface area (TPSA) is 92.9 Å². The van der Waals surface area contributed by atoms with Crippen molar-refractivity contribution in [3.05, 3.63) is 34.4 Å². The van der Waals surface area contributed by atoms with Gasteiger partial charge in [0.2, 0.25) is 0 Å². The van der Waals surface area contributed by atoms with Gasteiger partial charge in [-0.1, -0.05) is 6.07 Å². The van der Waals surface area contributed by atoms with Gasteiger partial charge in [0.05, 0.1) is 11.0 Å². The summed E-state index contributed by atoms with van der Waals surface area (Å²) in [5, 5.41) is 19.8. The highest BCUT2D eigenvalue weighted by atomic mass is 16.6. The van der Waals surface area contributed by atoms with Crippen LogP contribution in [0.5, 0.6) is 5.75 Å². The van der Waals surface area contributed by atoms with Gasteiger partial charge < -0.3 is 14.7 Å². The third-order valence-electron chi connectivity index (χ3n) is 3.52. The van der Waals surface area contributed by atoms with Gasteiger partial charge in [0.1, 0.15) is 5.75 Å². The average Bonchev–Trinajstić information content (AvgIpc) is 2.53. The zero-order chi connectivity index (χ0) is 15.2. The van der Waals surface area contributed by atoms with Crippen LogP contribution >= 0.6 is 0 Å². The Kier molecular flexibility index (Phi) is 5.10. The molecule has 7 nitrogen and oxygen atoms in total. The first-order valence-corrected chi connectivity index (χ1v) is 6.86. The van der Waals surface area contributed by atoms with E-state index >= 15 is 0 Å². The quantitative estimate of drug-likeness (QED) is 0.650. The van der Waals surface area contributed by atoms with Crippen molar-refractivity contribution >= 4 is 11.6 Å². The van der Waals surface area contributed by atoms with Gasteiger partial charge in [-0.25, -0.2) is 0 Å². The fourth-order valence-corrected chi connectivity index (χ4v) is 2.36. The fourth-order valence-electron chi connectivity index (χ4n) is 2.36. The molecule has 1 N–H and O–H groups in total. The molecular weight excluding hydrogens is 276 g/mol. The molecule has 1 aliphatic heterocycles. The number of hydrogen-bond acceptors (Lipinski definition) is 5. The van der Waals surface area contributed by atoms with E-state index < -0.39 is 4.92 Å². The van der Waals surface area contributed by atoms with E-state index in [1.807, 2.05) is 0 Å². The number of non-ortho nitro benzene ring substituents is 1. The number of hydrogen-bond donors (Lipinski definition) is 1. The summed E-state index contributed by atoms with van der Waals surface area (Å²) in [5.74, 6) is 0.258. The number of rotatable bonds is 5. The Morgan fingerprint density at radius 3 is 3.05 bits per heavy atom. The van der Waals surface area contributed by atoms with Gasteiger partial charge in [0.25, 0.3) is 11.6 Å². The van der Waals surface area contributed by atoms with Crippen molar-refractivity contribution in [3.63, 3.8) is 0 Å². The van der Waals surface area contributed by atoms with E-state index in [9.17, 15) is 14.9 Å². The summed E-state index contributed by atoms with van der Waals surface area (Å²) in [7, 11) is 0. The number of likely N-dealkylation sites (tertiary alicyclic amines) is 1. The first kappa shape index (κ1) is 15.2. The van der Waals surface area contributed by atoms with Crippen molar-refractivity contribution in [2.24, 2.45) is 5.92 Å². The van der Waals surface area contributed by atoms with Gasteiger partial charge in [-0.3, -0.25) is 14.9 Å². The molecule has 1 amide bonds. The first-order valence-electron chi connectivity index (χ1n) is 6.86. The number of nitro benzene ring substituents is 1. The number of nitro groups is 1. The van der Waals surface area contributed by atoms with Gasteiger partial charge in [-0.15, -0.1) is 0 Å². The Balaban J connectivity index is 1.89. The lowest BCUT2D eigenvalue weighted by Crippen LogP contribution is -2.43. The van der Waals surface area contributed by atoms with E-state index in [2.05, 4.69) is 0 Å². The van der Waals surface area contributed by atoms with Crippen LogP contribution in [0.25, 0.3) is 0 Å². The number of carbonyl (C=O) groups is 1. The van der Waals surface area contributed by atoms with Crippen LogP contribution in [0.3, 0.4) is 0 Å². The summed E-state index contributed by atoms with van der Waals surface area (Å²) in [6.07, 6.45) is 1.79. The smallest absolute Gasteiger partial charge is 0.273 e. The standard InChI is InChI=1S/C14H18N2O5/c17-9-11-3-2-6-15(8-11)14(18)10-21-13-5-1-4-12(7-13)16(19)20/h1,4-5,7,11,17H,2-3,6,8-10H2. The number of aliphatic hydroxyl groups excluding tert-OH is 1. The summed E-state index contributed by atoms with van der Waals surface area (Å²) >= 11 is 0. The molecule has 0 radical (unpaired) electrons. The van der Waals surface area contributed by atoms with Gasteiger partial charge in [0, 0.05) is 25.8 Å². The van der Waals surface area contributed by atoms with E-state index in [-0.39, 0.29) is 30.7 Å². The molecule has 0 spiro atoms. The summed E-state index contributed by atoms with van der Waals surface area (Å²) < 4.78 is 5.32. The monoisotopic (exact) mass is 294 g/mol. The Bertz CT molecular complexity index is 520. The molecule has 2 rings (SSSR count). The summed E-state index contributed by atoms with van der Waals surface area (Å²) in [6, 6.07) is 5.75. The van der Waals surface area contributed by atoms with Crippen LogP contribution in [0.2, 0.25) is 0 Å². The second-order valence-corrected chi connectivity index (χ2v) is 5.07. The molecular formula is C14H18N2O5. The highest BCUT2D eigenvalue weighted by Gasteiger charge is 2.23. The number of ether oxygens (including phenoxy) is 1. The van der Waals surface area contributed by atoms with E-state index in [0.29, 0.717) is 18.8 Å². The maximum Gasteiger partial charge on any atom is 0.273 e. The van der Waals surface area contributed by atoms with Gasteiger partial charge in [-0.05, 0) is 24.8 Å². The van der Waals surface area contributed by atoms with Crippen LogP contribution in [0.4, 0.5) is 5.69 Å². The van der Waals surface area contributed by atoms with Gasteiger partial charge >= 0.3 is 0 Å². The predicted molar refractivity (Wildman–Crippen MR) is 75.0 cm³/mol. The highest BCUT2D eigenvalue weighted by Crippen LogP contribution is 2.20. The second kappa shape index (κ2) is 7.03. The van der Waals surface area contributed by atoms with Crippen LogP contribution in [0.15, 0.2) is 24.3 Å². The second-order valence-electron chi connectivity index (χ2n) is 5.07. The normalized spacial score (nSPS) is 18.3. The molecule has 114 valence electrons. The van der Waals surface area contributed by atoms with Crippen LogP contribution in [0, 0.1) is 16.0 Å². The van der Waals surface area contributed by atoms with Gasteiger partial charge in [-0.2, -0.15) is 0 Å². The zero-order valence-electron chi connectivity index (χ0n) is 11.6. The molecule has 1 heterocycles. The largest absolute Gasteiger partial charge is 0.484 e. The molecule has 1 aliphatic rings. The van der Waals surface area contributed by atoms with Crippen molar-refractivity contribution in [2.75, 3.05) is 26.3 Å². The minimum absolute atomic E-state index is 0.0710. The van der Waals surface area contributed by atoms with Crippen molar-refractivity contribution in [2.45, 2.75) is 12.8 Å². The molecule has 21 heavy (non-hydrogen) atoms. The molecule has 0 saturated carbocycles. The van der Waals surface area contributed by atoms with Crippen LogP contribution in [0.1, 0.15) is 12.8 Å². The van der Waals surface area contributed by atoms with Crippen molar-refractivity contribution < 1.29 is 19.6 Å². The molecule has 1 atom stereocenters. The molecule has 1 fully saturated rings. The van der Waals surface area contributed by atoms with E-state index in [1.54, 1.807) is 11.0 Å². The zero-order valence-corrected chi connectivity index (χ0v) is 11.6. The Morgan fingerprint density at radius 2 is 2.33 bits per heavy atom. The predicted octanol–water partition coefficient (Wildman–Crippen LogP) is 1.20. The maximum atomic E-state index is 12.0. The third kappa shape index (κ3) is 4.16. The van der Waals surface area contributed by atoms with Crippen molar-refractivity contribution in [3.8, 4) is 5.75 Å². The molecule has 1 unspecified atom stereocenters. The average molecular weight is 294 g/mol. The number of piperidine rings is 1. The molecule has 1 aromatic rings. The SMILES string of the molecule is O=C(COc1cccc([N+](=O)[O-])c1)N1CCCC(CO)C1. The van der Waals surface area contributed by atoms with Crippen molar-refractivity contribution in [1.29, 1.82) is 0 Å². The number of amides is 1. The van der Waals surface area contributed by atoms with Crippen LogP contribution in [-0.2, 0) is 4.79 Å². The molecule has 1 aromatic carbocycles. The van der Waals surface area contributed by atoms with E-state index in [4.69, 9.17) is 9.84 Å². The fraction of sp³-hybridized carbons (Fsp3) is 0.500. The number of aliphatic hydroxyl groups is 1. The van der Waals surface area contributed by atoms with Crippen LogP contribution in [-0.4, -0.2) is 47.1 Å². The number of benzene rings is 1. The lowest BCUT2D eigenvalue weighted by Gasteiger charge is -2.31. The summed E-state index contributed by atoms with van der Waals surface area (Å²) in [4.78, 5) is 23.9. The Hall–Kier alpha value is -2.15. The summed E-state index contributed by atoms with van der Waals surface area (Å²) in [6.45, 7) is 1.12. The van der Waals surface area contributed by atoms with E-state index in [1.165, 1.54) is 18.2 Å².